The molecule has 0 bridgehead atoms. The Bertz CT molecular complexity index is 793. The zero-order valence-electron chi connectivity index (χ0n) is 13.2. The van der Waals surface area contributed by atoms with Gasteiger partial charge < -0.3 is 0 Å². The van der Waals surface area contributed by atoms with E-state index in [2.05, 4.69) is 49.9 Å². The van der Waals surface area contributed by atoms with Crippen molar-refractivity contribution in [3.05, 3.63) is 71.8 Å². The van der Waals surface area contributed by atoms with Crippen LogP contribution in [-0.4, -0.2) is 9.97 Å². The molecule has 0 fully saturated rings. The molecule has 2 nitrogen and oxygen atoms in total. The zero-order chi connectivity index (χ0) is 17.5. The van der Waals surface area contributed by atoms with Crippen LogP contribution in [0.5, 0.6) is 0 Å². The topological polar surface area (TPSA) is 25.8 Å². The van der Waals surface area contributed by atoms with Crippen molar-refractivity contribution in [2.24, 2.45) is 0 Å². The first-order valence-corrected chi connectivity index (χ1v) is 16.1. The second kappa shape index (κ2) is 9.84. The van der Waals surface area contributed by atoms with Crippen molar-refractivity contribution in [1.29, 1.82) is 0 Å². The van der Waals surface area contributed by atoms with Crippen molar-refractivity contribution in [3.8, 4) is 22.5 Å². The number of halogens is 3. The molecule has 1 aromatic heterocycles. The molecule has 0 unspecified atom stereocenters. The third-order valence-electron chi connectivity index (χ3n) is 3.42. The fraction of sp³-hybridized carbons (Fsp3) is 0.111. The van der Waals surface area contributed by atoms with Gasteiger partial charge in [-0.1, -0.05) is 30.3 Å². The first-order valence-electron chi connectivity index (χ1n) is 7.13. The summed E-state index contributed by atoms with van der Waals surface area (Å²) in [4.78, 5) is 8.63. The van der Waals surface area contributed by atoms with Gasteiger partial charge in [0.05, 0.1) is 0 Å². The average molecular weight is 583 g/mol. The van der Waals surface area contributed by atoms with Gasteiger partial charge in [-0.2, -0.15) is 0 Å². The van der Waals surface area contributed by atoms with E-state index >= 15 is 0 Å². The summed E-state index contributed by atoms with van der Waals surface area (Å²) in [6.45, 7) is 3.73. The molecule has 0 N–H and O–H groups in total. The van der Waals surface area contributed by atoms with Crippen LogP contribution in [-0.2, 0) is 9.47 Å². The van der Waals surface area contributed by atoms with Crippen LogP contribution in [0.4, 0.5) is 4.39 Å². The number of aromatic nitrogens is 2. The fourth-order valence-corrected chi connectivity index (χ4v) is 2.18. The molecule has 0 spiro atoms. The molecular weight excluding hydrogens is 568 g/mol. The van der Waals surface area contributed by atoms with Crippen LogP contribution in [0.1, 0.15) is 11.1 Å². The van der Waals surface area contributed by atoms with Crippen molar-refractivity contribution >= 4 is 40.0 Å². The average Bonchev–Trinajstić information content (AvgIpc) is 2.59. The predicted molar refractivity (Wildman–Crippen MR) is 110 cm³/mol. The molecule has 0 radical (unpaired) electrons. The van der Waals surface area contributed by atoms with Gasteiger partial charge in [-0.05, 0) is 48.2 Å². The van der Waals surface area contributed by atoms with Crippen LogP contribution in [0.15, 0.2) is 54.9 Å². The summed E-state index contributed by atoms with van der Waals surface area (Å²) in [6, 6.07) is 13.1. The molecule has 0 aliphatic rings. The summed E-state index contributed by atoms with van der Waals surface area (Å²) >= 11 is 4.74. The molecule has 0 aliphatic carbocycles. The van der Waals surface area contributed by atoms with Gasteiger partial charge in [0.2, 0.25) is 0 Å². The van der Waals surface area contributed by atoms with Gasteiger partial charge in [0.1, 0.15) is 5.82 Å². The number of hydrogen-bond acceptors (Lipinski definition) is 2. The molecule has 0 saturated carbocycles. The maximum atomic E-state index is 13.3. The van der Waals surface area contributed by atoms with E-state index in [1.807, 2.05) is 37.3 Å². The van der Waals surface area contributed by atoms with Crippen LogP contribution in [0.2, 0.25) is 0 Å². The minimum absolute atomic E-state index is 0.177. The molecule has 0 aliphatic heterocycles. The van der Waals surface area contributed by atoms with Gasteiger partial charge in [-0.15, -0.1) is 0 Å². The third kappa shape index (κ3) is 5.51. The molecule has 3 rings (SSSR count). The molecular formula is C18H15FI2N2V. The Balaban J connectivity index is 0.000000647. The van der Waals surface area contributed by atoms with Crippen molar-refractivity contribution in [2.75, 3.05) is 0 Å². The molecule has 3 aromatic rings. The number of benzene rings is 2. The van der Waals surface area contributed by atoms with Gasteiger partial charge in [-0.3, -0.25) is 0 Å². The second-order valence-corrected chi connectivity index (χ2v) is 17.0. The summed E-state index contributed by atoms with van der Waals surface area (Å²) in [5, 5.41) is 0. The second-order valence-electron chi connectivity index (χ2n) is 5.19. The third-order valence-corrected chi connectivity index (χ3v) is 3.42. The Morgan fingerprint density at radius 2 is 1.33 bits per heavy atom. The van der Waals surface area contributed by atoms with Gasteiger partial charge in [0, 0.05) is 18.0 Å². The molecule has 0 amide bonds. The van der Waals surface area contributed by atoms with E-state index in [-0.39, 0.29) is 5.82 Å². The number of hydrogen-bond donors (Lipinski definition) is 0. The Kier molecular flexibility index (Phi) is 8.13. The van der Waals surface area contributed by atoms with Crippen molar-refractivity contribution in [3.63, 3.8) is 0 Å². The normalized spacial score (nSPS) is 9.88. The maximum absolute atomic E-state index is 13.3. The summed E-state index contributed by atoms with van der Waals surface area (Å²) < 4.78 is 13.3. The molecule has 0 saturated heterocycles. The fourth-order valence-electron chi connectivity index (χ4n) is 2.18. The monoisotopic (exact) mass is 583 g/mol. The molecule has 1 heterocycles. The van der Waals surface area contributed by atoms with Crippen LogP contribution < -0.4 is 0 Å². The van der Waals surface area contributed by atoms with E-state index in [0.717, 1.165) is 22.3 Å². The first-order chi connectivity index (χ1) is 11.5. The summed E-state index contributed by atoms with van der Waals surface area (Å²) in [5.74, 6) is 0.533. The van der Waals surface area contributed by atoms with E-state index in [1.54, 1.807) is 25.4 Å². The quantitative estimate of drug-likeness (QED) is 0.330. The summed E-state index contributed by atoms with van der Waals surface area (Å²) in [6.07, 6.45) is 3.61. The van der Waals surface area contributed by atoms with E-state index in [1.165, 1.54) is 6.07 Å². The van der Waals surface area contributed by atoms with Crippen LogP contribution in [0.25, 0.3) is 22.5 Å². The predicted octanol–water partition coefficient (Wildman–Crippen LogP) is 6.34. The van der Waals surface area contributed by atoms with Gasteiger partial charge in [0.25, 0.3) is 0 Å². The Morgan fingerprint density at radius 3 is 1.88 bits per heavy atom. The Morgan fingerprint density at radius 1 is 0.833 bits per heavy atom. The Labute approximate surface area is 170 Å². The van der Waals surface area contributed by atoms with Crippen LogP contribution in [0.3, 0.4) is 0 Å². The van der Waals surface area contributed by atoms with Gasteiger partial charge in [0.15, 0.2) is 5.82 Å². The van der Waals surface area contributed by atoms with Gasteiger partial charge in [-0.25, -0.2) is 14.4 Å². The number of rotatable bonds is 2. The van der Waals surface area contributed by atoms with Gasteiger partial charge >= 0.3 is 49.4 Å². The summed E-state index contributed by atoms with van der Waals surface area (Å²) in [7, 11) is 0.628. The molecule has 2 aromatic carbocycles. The van der Waals surface area contributed by atoms with E-state index < -0.39 is 0 Å². The van der Waals surface area contributed by atoms with E-state index in [9.17, 15) is 4.39 Å². The molecule has 0 atom stereocenters. The van der Waals surface area contributed by atoms with Crippen molar-refractivity contribution in [2.45, 2.75) is 13.8 Å². The molecule has 123 valence electrons. The minimum atomic E-state index is -0.177. The SMILES string of the molecule is Cc1cnc(-c2ccc(-c3ccc(F)c(C)c3)cc2)nc1.[I][V][I]. The number of nitrogens with zero attached hydrogens (tertiary/aromatic N) is 2. The standard InChI is InChI=1S/C18H15FN2.2HI.V/c1-12-10-20-18(21-11-12)15-5-3-14(4-6-15)16-7-8-17(19)13(2)9-16;;;/h3-11H,1-2H3;2*1H;/q;;;+2/p-2. The van der Waals surface area contributed by atoms with Crippen LogP contribution >= 0.6 is 40.0 Å². The van der Waals surface area contributed by atoms with E-state index in [4.69, 9.17) is 0 Å². The first kappa shape index (κ1) is 19.8. The van der Waals surface area contributed by atoms with Crippen molar-refractivity contribution < 1.29 is 13.9 Å². The zero-order valence-corrected chi connectivity index (χ0v) is 18.9. The van der Waals surface area contributed by atoms with Crippen LogP contribution in [0, 0.1) is 19.7 Å². The molecule has 24 heavy (non-hydrogen) atoms. The van der Waals surface area contributed by atoms with E-state index in [0.29, 0.717) is 20.9 Å². The number of aryl methyl sites for hydroxylation is 2. The molecule has 6 heteroatoms. The Hall–Kier alpha value is -0.506. The van der Waals surface area contributed by atoms with Crippen molar-refractivity contribution in [1.82, 2.24) is 9.97 Å². The summed E-state index contributed by atoms with van der Waals surface area (Å²) in [5.41, 5.74) is 4.72.